The second kappa shape index (κ2) is 4.97. The Hall–Kier alpha value is -0.570. The van der Waals surface area contributed by atoms with Crippen molar-refractivity contribution in [3.05, 3.63) is 34.3 Å². The van der Waals surface area contributed by atoms with Gasteiger partial charge in [-0.15, -0.1) is 0 Å². The van der Waals surface area contributed by atoms with Gasteiger partial charge in [0.25, 0.3) is 0 Å². The molecular weight excluding hydrogens is 210 g/mol. The van der Waals surface area contributed by atoms with Crippen LogP contribution >= 0.6 is 11.6 Å². The predicted octanol–water partition coefficient (Wildman–Crippen LogP) is 2.67. The van der Waals surface area contributed by atoms with Crippen LogP contribution in [-0.4, -0.2) is 11.2 Å². The number of halogens is 1. The third kappa shape index (κ3) is 2.94. The number of hydrogen-bond acceptors (Lipinski definition) is 2. The minimum atomic E-state index is -0.523. The maximum Gasteiger partial charge on any atom is 0.0755 e. The van der Waals surface area contributed by atoms with Gasteiger partial charge in [0.1, 0.15) is 0 Å². The maximum absolute atomic E-state index is 9.88. The van der Waals surface area contributed by atoms with Gasteiger partial charge in [-0.25, -0.2) is 0 Å². The average Bonchev–Trinajstić information content (AvgIpc) is 2.15. The largest absolute Gasteiger partial charge is 0.391 e. The molecule has 15 heavy (non-hydrogen) atoms. The van der Waals surface area contributed by atoms with Crippen LogP contribution in [0.1, 0.15) is 31.0 Å². The number of benzene rings is 1. The van der Waals surface area contributed by atoms with E-state index in [0.29, 0.717) is 5.02 Å². The van der Waals surface area contributed by atoms with Crippen LogP contribution in [0.5, 0.6) is 0 Å². The van der Waals surface area contributed by atoms with E-state index in [4.69, 9.17) is 17.3 Å². The van der Waals surface area contributed by atoms with Gasteiger partial charge in [-0.2, -0.15) is 0 Å². The van der Waals surface area contributed by atoms with E-state index >= 15 is 0 Å². The van der Waals surface area contributed by atoms with Gasteiger partial charge in [-0.05, 0) is 36.1 Å². The van der Waals surface area contributed by atoms with E-state index in [1.807, 2.05) is 32.9 Å². The highest BCUT2D eigenvalue weighted by Gasteiger charge is 2.21. The smallest absolute Gasteiger partial charge is 0.0755 e. The monoisotopic (exact) mass is 227 g/mol. The zero-order chi connectivity index (χ0) is 11.6. The molecule has 0 heterocycles. The van der Waals surface area contributed by atoms with E-state index in [9.17, 15) is 5.11 Å². The lowest BCUT2D eigenvalue weighted by atomic mass is 9.92. The van der Waals surface area contributed by atoms with Crippen molar-refractivity contribution >= 4 is 11.6 Å². The molecule has 3 heteroatoms. The molecule has 0 fully saturated rings. The van der Waals surface area contributed by atoms with Gasteiger partial charge in [-0.1, -0.05) is 31.5 Å². The van der Waals surface area contributed by atoms with Crippen LogP contribution in [0.4, 0.5) is 0 Å². The maximum atomic E-state index is 9.88. The van der Waals surface area contributed by atoms with Gasteiger partial charge >= 0.3 is 0 Å². The number of hydrogen-bond donors (Lipinski definition) is 2. The lowest BCUT2D eigenvalue weighted by molar-refractivity contribution is 0.0977. The lowest BCUT2D eigenvalue weighted by Gasteiger charge is -2.23. The van der Waals surface area contributed by atoms with E-state index in [-0.39, 0.29) is 12.0 Å². The van der Waals surface area contributed by atoms with Gasteiger partial charge < -0.3 is 10.8 Å². The van der Waals surface area contributed by atoms with Gasteiger partial charge in [0.15, 0.2) is 0 Å². The molecule has 0 spiro atoms. The molecule has 0 unspecified atom stereocenters. The van der Waals surface area contributed by atoms with E-state index in [2.05, 4.69) is 0 Å². The minimum Gasteiger partial charge on any atom is -0.391 e. The molecular formula is C12H18ClNO. The normalized spacial score (nSPS) is 15.4. The molecule has 2 nitrogen and oxygen atoms in total. The molecule has 84 valence electrons. The number of rotatable bonds is 3. The van der Waals surface area contributed by atoms with Crippen molar-refractivity contribution in [1.82, 2.24) is 0 Å². The molecule has 0 bridgehead atoms. The Morgan fingerprint density at radius 3 is 2.40 bits per heavy atom. The van der Waals surface area contributed by atoms with Crippen molar-refractivity contribution in [2.24, 2.45) is 11.7 Å². The molecule has 0 aliphatic carbocycles. The lowest BCUT2D eigenvalue weighted by Crippen LogP contribution is -2.31. The van der Waals surface area contributed by atoms with E-state index in [1.165, 1.54) is 0 Å². The summed E-state index contributed by atoms with van der Waals surface area (Å²) in [5.74, 6) is 0.148. The van der Waals surface area contributed by atoms with Crippen molar-refractivity contribution < 1.29 is 5.11 Å². The highest BCUT2D eigenvalue weighted by atomic mass is 35.5. The zero-order valence-electron chi connectivity index (χ0n) is 9.37. The molecule has 1 aromatic rings. The van der Waals surface area contributed by atoms with Crippen molar-refractivity contribution in [3.63, 3.8) is 0 Å². The predicted molar refractivity (Wildman–Crippen MR) is 64.0 cm³/mol. The second-order valence-electron chi connectivity index (χ2n) is 4.26. The van der Waals surface area contributed by atoms with Crippen LogP contribution in [0.15, 0.2) is 18.2 Å². The Morgan fingerprint density at radius 2 is 1.93 bits per heavy atom. The highest BCUT2D eigenvalue weighted by Crippen LogP contribution is 2.24. The Morgan fingerprint density at radius 1 is 1.33 bits per heavy atom. The van der Waals surface area contributed by atoms with Crippen LogP contribution in [0.25, 0.3) is 0 Å². The summed E-state index contributed by atoms with van der Waals surface area (Å²) in [7, 11) is 0. The Labute approximate surface area is 96.1 Å². The first kappa shape index (κ1) is 12.5. The second-order valence-corrected chi connectivity index (χ2v) is 4.70. The van der Waals surface area contributed by atoms with Crippen LogP contribution < -0.4 is 5.73 Å². The zero-order valence-corrected chi connectivity index (χ0v) is 10.1. The fourth-order valence-electron chi connectivity index (χ4n) is 1.61. The fraction of sp³-hybridized carbons (Fsp3) is 0.500. The first-order valence-electron chi connectivity index (χ1n) is 5.13. The van der Waals surface area contributed by atoms with E-state index < -0.39 is 6.10 Å². The molecule has 1 rings (SSSR count). The molecule has 0 aliphatic rings. The third-order valence-electron chi connectivity index (χ3n) is 2.64. The van der Waals surface area contributed by atoms with Crippen LogP contribution in [-0.2, 0) is 0 Å². The molecule has 3 N–H and O–H groups in total. The summed E-state index contributed by atoms with van der Waals surface area (Å²) < 4.78 is 0. The van der Waals surface area contributed by atoms with Gasteiger partial charge in [-0.3, -0.25) is 0 Å². The standard InChI is InChI=1S/C12H18ClNO/c1-7(2)12(15)11(14)10-5-4-9(13)6-8(10)3/h4-7,11-12,15H,14H2,1-3H3/t11-,12+/m1/s1. The van der Waals surface area contributed by atoms with Crippen molar-refractivity contribution in [2.75, 3.05) is 0 Å². The Balaban J connectivity index is 2.96. The van der Waals surface area contributed by atoms with Crippen LogP contribution in [0.2, 0.25) is 5.02 Å². The number of nitrogens with two attached hydrogens (primary N) is 1. The number of aliphatic hydroxyl groups excluding tert-OH is 1. The van der Waals surface area contributed by atoms with Crippen LogP contribution in [0, 0.1) is 12.8 Å². The summed E-state index contributed by atoms with van der Waals surface area (Å²) in [5, 5.41) is 10.6. The molecule has 0 amide bonds. The summed E-state index contributed by atoms with van der Waals surface area (Å²) in [5.41, 5.74) is 7.98. The minimum absolute atomic E-state index is 0.148. The highest BCUT2D eigenvalue weighted by molar-refractivity contribution is 6.30. The summed E-state index contributed by atoms with van der Waals surface area (Å²) in [6.45, 7) is 5.86. The topological polar surface area (TPSA) is 46.2 Å². The Bertz CT molecular complexity index is 338. The van der Waals surface area contributed by atoms with E-state index in [0.717, 1.165) is 11.1 Å². The Kier molecular flexibility index (Phi) is 4.14. The van der Waals surface area contributed by atoms with Gasteiger partial charge in [0.05, 0.1) is 12.1 Å². The quantitative estimate of drug-likeness (QED) is 0.834. The molecule has 0 aliphatic heterocycles. The average molecular weight is 228 g/mol. The first-order valence-corrected chi connectivity index (χ1v) is 5.51. The fourth-order valence-corrected chi connectivity index (χ4v) is 1.84. The molecule has 0 radical (unpaired) electrons. The number of aliphatic hydroxyl groups is 1. The first-order chi connectivity index (χ1) is 6.93. The van der Waals surface area contributed by atoms with Gasteiger partial charge in [0.2, 0.25) is 0 Å². The van der Waals surface area contributed by atoms with Crippen LogP contribution in [0.3, 0.4) is 0 Å². The molecule has 0 aromatic heterocycles. The molecule has 0 saturated carbocycles. The van der Waals surface area contributed by atoms with Crippen molar-refractivity contribution in [1.29, 1.82) is 0 Å². The summed E-state index contributed by atoms with van der Waals surface area (Å²) in [6.07, 6.45) is -0.523. The van der Waals surface area contributed by atoms with E-state index in [1.54, 1.807) is 6.07 Å². The molecule has 2 atom stereocenters. The third-order valence-corrected chi connectivity index (χ3v) is 2.88. The number of aryl methyl sites for hydroxylation is 1. The SMILES string of the molecule is Cc1cc(Cl)ccc1[C@@H](N)[C@@H](O)C(C)C. The summed E-state index contributed by atoms with van der Waals surface area (Å²) in [6, 6.07) is 5.20. The summed E-state index contributed by atoms with van der Waals surface area (Å²) >= 11 is 5.86. The van der Waals surface area contributed by atoms with Crippen molar-refractivity contribution in [3.8, 4) is 0 Å². The summed E-state index contributed by atoms with van der Waals surface area (Å²) in [4.78, 5) is 0. The molecule has 1 aromatic carbocycles. The molecule has 0 saturated heterocycles. The van der Waals surface area contributed by atoms with Gasteiger partial charge in [0, 0.05) is 5.02 Å². The van der Waals surface area contributed by atoms with Crippen molar-refractivity contribution in [2.45, 2.75) is 32.9 Å².